The van der Waals surface area contributed by atoms with Crippen LogP contribution in [0.4, 0.5) is 0 Å². The molecule has 98 valence electrons. The van der Waals surface area contributed by atoms with Gasteiger partial charge in [-0.2, -0.15) is 0 Å². The first-order valence-electron chi connectivity index (χ1n) is 6.56. The molecule has 1 heterocycles. The summed E-state index contributed by atoms with van der Waals surface area (Å²) in [7, 11) is 0. The number of benzene rings is 1. The molecule has 2 aromatic rings. The second-order valence-electron chi connectivity index (χ2n) is 5.62. The van der Waals surface area contributed by atoms with Crippen LogP contribution in [0.5, 0.6) is 0 Å². The van der Waals surface area contributed by atoms with Crippen molar-refractivity contribution in [1.29, 1.82) is 0 Å². The lowest BCUT2D eigenvalue weighted by Gasteiger charge is -2.25. The van der Waals surface area contributed by atoms with Crippen LogP contribution in [-0.2, 0) is 5.54 Å². The van der Waals surface area contributed by atoms with Crippen molar-refractivity contribution in [3.8, 4) is 0 Å². The van der Waals surface area contributed by atoms with Crippen molar-refractivity contribution in [2.45, 2.75) is 26.3 Å². The number of rotatable bonds is 3. The average molecular weight is 251 g/mol. The van der Waals surface area contributed by atoms with Gasteiger partial charge in [-0.3, -0.25) is 0 Å². The fourth-order valence-corrected chi connectivity index (χ4v) is 2.55. The summed E-state index contributed by atoms with van der Waals surface area (Å²) in [5, 5.41) is 1.26. The fraction of sp³-hybridized carbons (Fsp3) is 0.222. The summed E-state index contributed by atoms with van der Waals surface area (Å²) in [5.41, 5.74) is 3.63. The Morgan fingerprint density at radius 3 is 2.37 bits per heavy atom. The van der Waals surface area contributed by atoms with E-state index in [-0.39, 0.29) is 5.54 Å². The van der Waals surface area contributed by atoms with E-state index in [0.29, 0.717) is 0 Å². The third-order valence-corrected chi connectivity index (χ3v) is 3.22. The first-order valence-corrected chi connectivity index (χ1v) is 6.56. The van der Waals surface area contributed by atoms with Gasteiger partial charge in [0.05, 0.1) is 0 Å². The molecule has 0 spiro atoms. The van der Waals surface area contributed by atoms with Crippen LogP contribution in [0.1, 0.15) is 32.0 Å². The lowest BCUT2D eigenvalue weighted by Crippen LogP contribution is -2.22. The van der Waals surface area contributed by atoms with Crippen LogP contribution in [0.15, 0.2) is 49.6 Å². The summed E-state index contributed by atoms with van der Waals surface area (Å²) < 4.78 is 2.35. The molecule has 1 aromatic heterocycles. The Labute approximate surface area is 115 Å². The Balaban J connectivity index is 2.91. The van der Waals surface area contributed by atoms with E-state index in [1.165, 1.54) is 16.5 Å². The van der Waals surface area contributed by atoms with Crippen LogP contribution in [0, 0.1) is 0 Å². The van der Waals surface area contributed by atoms with Gasteiger partial charge in [0.1, 0.15) is 0 Å². The average Bonchev–Trinajstić information content (AvgIpc) is 2.69. The van der Waals surface area contributed by atoms with E-state index in [1.807, 2.05) is 12.2 Å². The molecule has 0 atom stereocenters. The predicted octanol–water partition coefficient (Wildman–Crippen LogP) is 5.24. The van der Waals surface area contributed by atoms with Crippen molar-refractivity contribution >= 4 is 23.1 Å². The Bertz CT molecular complexity index is 648. The van der Waals surface area contributed by atoms with Crippen LogP contribution in [0.2, 0.25) is 0 Å². The minimum absolute atomic E-state index is 0.0173. The van der Waals surface area contributed by atoms with E-state index in [2.05, 4.69) is 68.8 Å². The van der Waals surface area contributed by atoms with E-state index >= 15 is 0 Å². The number of nitrogens with zero attached hydrogens (tertiary/aromatic N) is 1. The largest absolute Gasteiger partial charge is 0.335 e. The molecule has 0 fully saturated rings. The molecule has 0 aliphatic heterocycles. The molecule has 1 heteroatoms. The van der Waals surface area contributed by atoms with Gasteiger partial charge in [-0.15, -0.1) is 0 Å². The summed E-state index contributed by atoms with van der Waals surface area (Å²) >= 11 is 0. The number of aromatic nitrogens is 1. The van der Waals surface area contributed by atoms with E-state index in [1.54, 1.807) is 6.08 Å². The molecular formula is C18H21N. The highest BCUT2D eigenvalue weighted by Gasteiger charge is 2.21. The van der Waals surface area contributed by atoms with Gasteiger partial charge in [0, 0.05) is 27.7 Å². The molecule has 0 N–H and O–H groups in total. The molecule has 0 aliphatic rings. The second kappa shape index (κ2) is 4.93. The molecule has 1 nitrogen and oxygen atoms in total. The summed E-state index contributed by atoms with van der Waals surface area (Å²) in [6.45, 7) is 14.4. The number of hydrogen-bond donors (Lipinski definition) is 0. The van der Waals surface area contributed by atoms with Crippen LogP contribution < -0.4 is 0 Å². The zero-order valence-electron chi connectivity index (χ0n) is 12.0. The van der Waals surface area contributed by atoms with Gasteiger partial charge in [0.15, 0.2) is 0 Å². The molecular weight excluding hydrogens is 230 g/mol. The molecule has 1 aromatic carbocycles. The third-order valence-electron chi connectivity index (χ3n) is 3.22. The molecule has 0 radical (unpaired) electrons. The Morgan fingerprint density at radius 2 is 1.79 bits per heavy atom. The van der Waals surface area contributed by atoms with Crippen molar-refractivity contribution in [2.75, 3.05) is 0 Å². The third kappa shape index (κ3) is 2.28. The summed E-state index contributed by atoms with van der Waals surface area (Å²) in [6, 6.07) is 8.48. The van der Waals surface area contributed by atoms with Gasteiger partial charge in [0.25, 0.3) is 0 Å². The van der Waals surface area contributed by atoms with E-state index in [9.17, 15) is 0 Å². The van der Waals surface area contributed by atoms with Crippen LogP contribution in [0.25, 0.3) is 23.1 Å². The normalized spacial score (nSPS) is 12.2. The van der Waals surface area contributed by atoms with E-state index < -0.39 is 0 Å². The molecule has 0 bridgehead atoms. The Kier molecular flexibility index (Phi) is 3.48. The minimum atomic E-state index is 0.0173. The fourth-order valence-electron chi connectivity index (χ4n) is 2.55. The molecule has 19 heavy (non-hydrogen) atoms. The topological polar surface area (TPSA) is 4.93 Å². The highest BCUT2D eigenvalue weighted by molar-refractivity contribution is 5.94. The molecule has 0 saturated heterocycles. The second-order valence-corrected chi connectivity index (χ2v) is 5.62. The van der Waals surface area contributed by atoms with Gasteiger partial charge in [-0.1, -0.05) is 49.6 Å². The maximum Gasteiger partial charge on any atom is 0.0496 e. The standard InChI is InChI=1S/C18H21N/c1-6-8-11-14-15-12-9-10-13-17(15)19(16(14)7-2)18(3,4)5/h6-13H,1-2H2,3-5H3/b11-8-. The van der Waals surface area contributed by atoms with Gasteiger partial charge in [-0.25, -0.2) is 0 Å². The minimum Gasteiger partial charge on any atom is -0.335 e. The van der Waals surface area contributed by atoms with Crippen molar-refractivity contribution in [1.82, 2.24) is 4.57 Å². The Morgan fingerprint density at radius 1 is 1.11 bits per heavy atom. The lowest BCUT2D eigenvalue weighted by molar-refractivity contribution is 0.408. The quantitative estimate of drug-likeness (QED) is 0.657. The first-order chi connectivity index (χ1) is 9.00. The maximum absolute atomic E-state index is 3.99. The monoisotopic (exact) mass is 251 g/mol. The summed E-state index contributed by atoms with van der Waals surface area (Å²) in [5.74, 6) is 0. The number of para-hydroxylation sites is 1. The molecule has 0 unspecified atom stereocenters. The van der Waals surface area contributed by atoms with Gasteiger partial charge >= 0.3 is 0 Å². The first kappa shape index (κ1) is 13.4. The zero-order chi connectivity index (χ0) is 14.0. The highest BCUT2D eigenvalue weighted by atomic mass is 15.1. The van der Waals surface area contributed by atoms with Crippen molar-refractivity contribution in [3.05, 3.63) is 60.8 Å². The van der Waals surface area contributed by atoms with E-state index in [0.717, 1.165) is 5.69 Å². The van der Waals surface area contributed by atoms with Crippen molar-refractivity contribution < 1.29 is 0 Å². The molecule has 2 rings (SSSR count). The van der Waals surface area contributed by atoms with Crippen LogP contribution >= 0.6 is 0 Å². The molecule has 0 amide bonds. The molecule has 0 saturated carbocycles. The van der Waals surface area contributed by atoms with Crippen molar-refractivity contribution in [3.63, 3.8) is 0 Å². The van der Waals surface area contributed by atoms with Crippen LogP contribution in [-0.4, -0.2) is 4.57 Å². The number of fused-ring (bicyclic) bond motifs is 1. The Hall–Kier alpha value is -2.02. The molecule has 0 aliphatic carbocycles. The highest BCUT2D eigenvalue weighted by Crippen LogP contribution is 2.33. The predicted molar refractivity (Wildman–Crippen MR) is 86.3 cm³/mol. The SMILES string of the molecule is C=C/C=C\c1c(C=C)n(C(C)(C)C)c2ccccc12. The lowest BCUT2D eigenvalue weighted by atomic mass is 10.1. The van der Waals surface area contributed by atoms with Gasteiger partial charge < -0.3 is 4.57 Å². The maximum atomic E-state index is 3.99. The number of allylic oxidation sites excluding steroid dienone is 2. The summed E-state index contributed by atoms with van der Waals surface area (Å²) in [6.07, 6.45) is 7.82. The van der Waals surface area contributed by atoms with Crippen LogP contribution in [0.3, 0.4) is 0 Å². The summed E-state index contributed by atoms with van der Waals surface area (Å²) in [4.78, 5) is 0. The van der Waals surface area contributed by atoms with E-state index in [4.69, 9.17) is 0 Å². The smallest absolute Gasteiger partial charge is 0.0496 e. The zero-order valence-corrected chi connectivity index (χ0v) is 12.0. The van der Waals surface area contributed by atoms with Gasteiger partial charge in [0.2, 0.25) is 0 Å². The van der Waals surface area contributed by atoms with Crippen molar-refractivity contribution in [2.24, 2.45) is 0 Å². The number of hydrogen-bond acceptors (Lipinski definition) is 0. The van der Waals surface area contributed by atoms with Gasteiger partial charge in [-0.05, 0) is 32.9 Å².